The Morgan fingerprint density at radius 3 is 2.61 bits per heavy atom. The summed E-state index contributed by atoms with van der Waals surface area (Å²) in [5.41, 5.74) is 2.55. The van der Waals surface area contributed by atoms with Gasteiger partial charge in [-0.25, -0.2) is 8.42 Å². The topological polar surface area (TPSA) is 67.4 Å². The SMILES string of the molecule is COc1ccc(NS(=O)(=O)c2ccc3c(c2)C2C=CCC2C(c2ccc(C)s2)N3)cc1. The third-order valence-corrected chi connectivity index (χ3v) is 8.52. The van der Waals surface area contributed by atoms with E-state index in [4.69, 9.17) is 4.74 Å². The van der Waals surface area contributed by atoms with Gasteiger partial charge in [-0.1, -0.05) is 12.2 Å². The summed E-state index contributed by atoms with van der Waals surface area (Å²) in [7, 11) is -2.12. The number of anilines is 2. The molecular formula is C24H24N2O3S2. The lowest BCUT2D eigenvalue weighted by molar-refractivity contribution is 0.415. The highest BCUT2D eigenvalue weighted by atomic mass is 32.2. The Morgan fingerprint density at radius 1 is 1.10 bits per heavy atom. The number of hydrogen-bond donors (Lipinski definition) is 2. The first-order valence-electron chi connectivity index (χ1n) is 10.2. The van der Waals surface area contributed by atoms with Crippen molar-refractivity contribution in [2.45, 2.75) is 30.2 Å². The van der Waals surface area contributed by atoms with Gasteiger partial charge in [-0.15, -0.1) is 11.3 Å². The molecular weight excluding hydrogens is 428 g/mol. The lowest BCUT2D eigenvalue weighted by Gasteiger charge is -2.37. The molecule has 0 saturated heterocycles. The second-order valence-corrected chi connectivity index (χ2v) is 11.0. The van der Waals surface area contributed by atoms with Gasteiger partial charge >= 0.3 is 0 Å². The molecule has 7 heteroatoms. The molecule has 0 radical (unpaired) electrons. The van der Waals surface area contributed by atoms with E-state index in [1.54, 1.807) is 37.4 Å². The largest absolute Gasteiger partial charge is 0.497 e. The van der Waals surface area contributed by atoms with Crippen LogP contribution in [0.4, 0.5) is 11.4 Å². The summed E-state index contributed by atoms with van der Waals surface area (Å²) in [6.07, 6.45) is 5.43. The van der Waals surface area contributed by atoms with Crippen molar-refractivity contribution >= 4 is 32.7 Å². The lowest BCUT2D eigenvalue weighted by Crippen LogP contribution is -2.28. The molecule has 1 aromatic heterocycles. The molecule has 2 heterocycles. The van der Waals surface area contributed by atoms with E-state index in [-0.39, 0.29) is 16.9 Å². The summed E-state index contributed by atoms with van der Waals surface area (Å²) in [5, 5.41) is 3.68. The molecule has 0 saturated carbocycles. The van der Waals surface area contributed by atoms with E-state index in [9.17, 15) is 8.42 Å². The highest BCUT2D eigenvalue weighted by Gasteiger charge is 2.39. The summed E-state index contributed by atoms with van der Waals surface area (Å²) in [6, 6.07) is 16.8. The Balaban J connectivity index is 1.46. The summed E-state index contributed by atoms with van der Waals surface area (Å²) in [5.74, 6) is 1.27. The smallest absolute Gasteiger partial charge is 0.261 e. The first kappa shape index (κ1) is 20.2. The summed E-state index contributed by atoms with van der Waals surface area (Å²) < 4.78 is 33.9. The first-order valence-corrected chi connectivity index (χ1v) is 12.5. The molecule has 1 aliphatic heterocycles. The van der Waals surface area contributed by atoms with Gasteiger partial charge in [-0.05, 0) is 79.4 Å². The molecule has 5 rings (SSSR count). The molecule has 3 atom stereocenters. The normalized spacial score (nSPS) is 21.8. The molecule has 5 nitrogen and oxygen atoms in total. The molecule has 160 valence electrons. The zero-order valence-corrected chi connectivity index (χ0v) is 19.0. The Morgan fingerprint density at radius 2 is 1.90 bits per heavy atom. The van der Waals surface area contributed by atoms with E-state index in [2.05, 4.69) is 41.2 Å². The molecule has 1 aliphatic carbocycles. The Bertz CT molecular complexity index is 1250. The van der Waals surface area contributed by atoms with E-state index in [0.717, 1.165) is 17.7 Å². The average Bonchev–Trinajstić information content (AvgIpc) is 3.42. The Hall–Kier alpha value is -2.77. The zero-order valence-electron chi connectivity index (χ0n) is 17.3. The average molecular weight is 453 g/mol. The minimum atomic E-state index is -3.70. The second kappa shape index (κ2) is 7.73. The van der Waals surface area contributed by atoms with Crippen LogP contribution in [0.25, 0.3) is 0 Å². The number of aryl methyl sites for hydroxylation is 1. The fraction of sp³-hybridized carbons (Fsp3) is 0.250. The maximum Gasteiger partial charge on any atom is 0.261 e. The summed E-state index contributed by atoms with van der Waals surface area (Å²) >= 11 is 1.82. The van der Waals surface area contributed by atoms with E-state index in [0.29, 0.717) is 17.4 Å². The highest BCUT2D eigenvalue weighted by Crippen LogP contribution is 2.51. The monoisotopic (exact) mass is 452 g/mol. The predicted molar refractivity (Wildman–Crippen MR) is 126 cm³/mol. The molecule has 31 heavy (non-hydrogen) atoms. The van der Waals surface area contributed by atoms with Gasteiger partial charge in [0.2, 0.25) is 0 Å². The number of sulfonamides is 1. The van der Waals surface area contributed by atoms with Gasteiger partial charge in [-0.2, -0.15) is 0 Å². The van der Waals surface area contributed by atoms with Crippen LogP contribution in [0.3, 0.4) is 0 Å². The molecule has 3 unspecified atom stereocenters. The Kier molecular flexibility index (Phi) is 5.02. The van der Waals surface area contributed by atoms with E-state index in [1.807, 2.05) is 23.5 Å². The number of rotatable bonds is 5. The van der Waals surface area contributed by atoms with Crippen LogP contribution < -0.4 is 14.8 Å². The molecule has 2 aromatic carbocycles. The molecule has 0 bridgehead atoms. The van der Waals surface area contributed by atoms with Gasteiger partial charge in [-0.3, -0.25) is 4.72 Å². The predicted octanol–water partition coefficient (Wildman–Crippen LogP) is 5.69. The van der Waals surface area contributed by atoms with Crippen molar-refractivity contribution in [1.29, 1.82) is 0 Å². The second-order valence-electron chi connectivity index (χ2n) is 8.01. The molecule has 0 amide bonds. The lowest BCUT2D eigenvalue weighted by atomic mass is 9.79. The molecule has 3 aromatic rings. The van der Waals surface area contributed by atoms with E-state index < -0.39 is 10.0 Å². The summed E-state index contributed by atoms with van der Waals surface area (Å²) in [4.78, 5) is 2.91. The van der Waals surface area contributed by atoms with Gasteiger partial charge in [0.15, 0.2) is 0 Å². The van der Waals surface area contributed by atoms with Crippen molar-refractivity contribution in [3.05, 3.63) is 82.1 Å². The van der Waals surface area contributed by atoms with Crippen LogP contribution in [0, 0.1) is 12.8 Å². The van der Waals surface area contributed by atoms with Crippen LogP contribution in [0.1, 0.15) is 33.7 Å². The fourth-order valence-corrected chi connectivity index (χ4v) is 6.61. The number of allylic oxidation sites excluding steroid dienone is 2. The van der Waals surface area contributed by atoms with Gasteiger partial charge in [0.1, 0.15) is 5.75 Å². The number of benzene rings is 2. The van der Waals surface area contributed by atoms with Crippen LogP contribution in [-0.4, -0.2) is 15.5 Å². The maximum atomic E-state index is 13.0. The van der Waals surface area contributed by atoms with Crippen molar-refractivity contribution in [3.63, 3.8) is 0 Å². The van der Waals surface area contributed by atoms with Gasteiger partial charge in [0, 0.05) is 27.0 Å². The summed E-state index contributed by atoms with van der Waals surface area (Å²) in [6.45, 7) is 2.13. The Labute approximate surface area is 186 Å². The van der Waals surface area contributed by atoms with Gasteiger partial charge < -0.3 is 10.1 Å². The number of nitrogens with one attached hydrogen (secondary N) is 2. The first-order chi connectivity index (χ1) is 14.9. The number of methoxy groups -OCH3 is 1. The van der Waals surface area contributed by atoms with Crippen molar-refractivity contribution in [3.8, 4) is 5.75 Å². The highest BCUT2D eigenvalue weighted by molar-refractivity contribution is 7.92. The van der Waals surface area contributed by atoms with Gasteiger partial charge in [0.25, 0.3) is 10.0 Å². The van der Waals surface area contributed by atoms with E-state index in [1.165, 1.54) is 9.75 Å². The minimum absolute atomic E-state index is 0.208. The number of thiophene rings is 1. The third kappa shape index (κ3) is 3.72. The third-order valence-electron chi connectivity index (χ3n) is 6.05. The zero-order chi connectivity index (χ0) is 21.6. The fourth-order valence-electron chi connectivity index (χ4n) is 4.51. The maximum absolute atomic E-state index is 13.0. The number of hydrogen-bond acceptors (Lipinski definition) is 5. The van der Waals surface area contributed by atoms with Crippen LogP contribution in [0.5, 0.6) is 5.75 Å². The molecule has 0 spiro atoms. The molecule has 2 aliphatic rings. The van der Waals surface area contributed by atoms with Crippen molar-refractivity contribution in [2.75, 3.05) is 17.1 Å². The van der Waals surface area contributed by atoms with Crippen LogP contribution >= 0.6 is 11.3 Å². The van der Waals surface area contributed by atoms with Crippen molar-refractivity contribution in [2.24, 2.45) is 5.92 Å². The number of fused-ring (bicyclic) bond motifs is 3. The standard InChI is InChI=1S/C24H24N2O3S2/c1-15-6-13-23(30-15)24-20-5-3-4-19(20)21-14-18(11-12-22(21)25-24)31(27,28)26-16-7-9-17(29-2)10-8-16/h3-4,6-14,19-20,24-26H,5H2,1-2H3. The molecule has 2 N–H and O–H groups in total. The quantitative estimate of drug-likeness (QED) is 0.488. The molecule has 0 fully saturated rings. The van der Waals surface area contributed by atoms with Crippen molar-refractivity contribution in [1.82, 2.24) is 0 Å². The number of ether oxygens (including phenoxy) is 1. The van der Waals surface area contributed by atoms with Crippen LogP contribution in [-0.2, 0) is 10.0 Å². The van der Waals surface area contributed by atoms with Crippen LogP contribution in [0.2, 0.25) is 0 Å². The van der Waals surface area contributed by atoms with Crippen molar-refractivity contribution < 1.29 is 13.2 Å². The van der Waals surface area contributed by atoms with Gasteiger partial charge in [0.05, 0.1) is 18.0 Å². The minimum Gasteiger partial charge on any atom is -0.497 e. The van der Waals surface area contributed by atoms with Crippen LogP contribution in [0.15, 0.2) is 71.6 Å². The van der Waals surface area contributed by atoms with E-state index >= 15 is 0 Å².